The van der Waals surface area contributed by atoms with Crippen LogP contribution in [0.5, 0.6) is 0 Å². The molecule has 0 spiro atoms. The molecule has 0 radical (unpaired) electrons. The van der Waals surface area contributed by atoms with Crippen LogP contribution in [0.1, 0.15) is 29.0 Å². The van der Waals surface area contributed by atoms with Crippen molar-refractivity contribution in [2.75, 3.05) is 0 Å². The zero-order valence-corrected chi connectivity index (χ0v) is 13.0. The predicted octanol–water partition coefficient (Wildman–Crippen LogP) is 2.83. The van der Waals surface area contributed by atoms with Gasteiger partial charge in [0.05, 0.1) is 6.04 Å². The van der Waals surface area contributed by atoms with E-state index in [0.717, 1.165) is 10.0 Å². The Bertz CT molecular complexity index is 666. The summed E-state index contributed by atoms with van der Waals surface area (Å²) in [5.74, 6) is -1.28. The Labute approximate surface area is 130 Å². The number of rotatable bonds is 5. The van der Waals surface area contributed by atoms with E-state index in [2.05, 4.69) is 21.2 Å². The normalized spacial score (nSPS) is 11.9. The van der Waals surface area contributed by atoms with Crippen molar-refractivity contribution >= 4 is 27.8 Å². The Morgan fingerprint density at radius 3 is 2.76 bits per heavy atom. The molecule has 0 aliphatic carbocycles. The summed E-state index contributed by atoms with van der Waals surface area (Å²) in [6, 6.07) is 10.7. The van der Waals surface area contributed by atoms with Crippen LogP contribution in [0.15, 0.2) is 47.1 Å². The van der Waals surface area contributed by atoms with Gasteiger partial charge in [0.25, 0.3) is 5.91 Å². The van der Waals surface area contributed by atoms with Gasteiger partial charge in [0.1, 0.15) is 12.2 Å². The number of aromatic nitrogens is 1. The van der Waals surface area contributed by atoms with Crippen molar-refractivity contribution in [3.05, 3.63) is 58.3 Å². The van der Waals surface area contributed by atoms with Gasteiger partial charge in [-0.1, -0.05) is 28.1 Å². The van der Waals surface area contributed by atoms with E-state index in [4.69, 9.17) is 5.11 Å². The lowest BCUT2D eigenvalue weighted by Gasteiger charge is -2.15. The SMILES string of the molecule is CC(NC(=O)c1cccn1CC(=O)O)c1cccc(Br)c1. The number of carboxylic acids is 1. The van der Waals surface area contributed by atoms with E-state index in [9.17, 15) is 9.59 Å². The lowest BCUT2D eigenvalue weighted by Crippen LogP contribution is -2.29. The molecule has 5 nitrogen and oxygen atoms in total. The van der Waals surface area contributed by atoms with E-state index in [-0.39, 0.29) is 18.5 Å². The number of nitrogens with one attached hydrogen (secondary N) is 1. The van der Waals surface area contributed by atoms with Crippen LogP contribution in [0.25, 0.3) is 0 Å². The second-order valence-corrected chi connectivity index (χ2v) is 5.58. The number of hydrogen-bond donors (Lipinski definition) is 2. The average molecular weight is 351 g/mol. The van der Waals surface area contributed by atoms with Gasteiger partial charge in [-0.05, 0) is 36.8 Å². The van der Waals surface area contributed by atoms with E-state index >= 15 is 0 Å². The van der Waals surface area contributed by atoms with Gasteiger partial charge < -0.3 is 15.0 Å². The van der Waals surface area contributed by atoms with E-state index in [1.54, 1.807) is 18.3 Å². The fraction of sp³-hybridized carbons (Fsp3) is 0.200. The molecule has 0 bridgehead atoms. The smallest absolute Gasteiger partial charge is 0.323 e. The van der Waals surface area contributed by atoms with Crippen LogP contribution in [0.3, 0.4) is 0 Å². The maximum absolute atomic E-state index is 12.2. The molecular weight excluding hydrogens is 336 g/mol. The van der Waals surface area contributed by atoms with Gasteiger partial charge in [0.2, 0.25) is 0 Å². The maximum Gasteiger partial charge on any atom is 0.323 e. The number of hydrogen-bond acceptors (Lipinski definition) is 2. The molecule has 0 aliphatic rings. The van der Waals surface area contributed by atoms with Gasteiger partial charge in [-0.2, -0.15) is 0 Å². The first-order valence-corrected chi connectivity index (χ1v) is 7.20. The van der Waals surface area contributed by atoms with Gasteiger partial charge in [0.15, 0.2) is 0 Å². The molecule has 1 unspecified atom stereocenters. The van der Waals surface area contributed by atoms with Gasteiger partial charge >= 0.3 is 5.97 Å². The molecule has 1 aromatic carbocycles. The molecule has 2 rings (SSSR count). The summed E-state index contributed by atoms with van der Waals surface area (Å²) in [6.07, 6.45) is 1.58. The zero-order chi connectivity index (χ0) is 15.4. The molecule has 0 saturated heterocycles. The quantitative estimate of drug-likeness (QED) is 0.870. The fourth-order valence-electron chi connectivity index (χ4n) is 2.03. The van der Waals surface area contributed by atoms with Crippen LogP contribution in [-0.2, 0) is 11.3 Å². The molecule has 2 aromatic rings. The molecule has 0 fully saturated rings. The van der Waals surface area contributed by atoms with Gasteiger partial charge in [-0.25, -0.2) is 0 Å². The van der Waals surface area contributed by atoms with Gasteiger partial charge in [0, 0.05) is 10.7 Å². The standard InChI is InChI=1S/C15H15BrN2O3/c1-10(11-4-2-5-12(16)8-11)17-15(21)13-6-3-7-18(13)9-14(19)20/h2-8,10H,9H2,1H3,(H,17,21)(H,19,20). The summed E-state index contributed by atoms with van der Waals surface area (Å²) in [5, 5.41) is 11.7. The van der Waals surface area contributed by atoms with Crippen LogP contribution in [0.2, 0.25) is 0 Å². The van der Waals surface area contributed by atoms with Gasteiger partial charge in [-0.15, -0.1) is 0 Å². The van der Waals surface area contributed by atoms with Gasteiger partial charge in [-0.3, -0.25) is 9.59 Å². The van der Waals surface area contributed by atoms with Crippen LogP contribution in [-0.4, -0.2) is 21.6 Å². The van der Waals surface area contributed by atoms with Crippen molar-refractivity contribution in [3.8, 4) is 0 Å². The first-order valence-electron chi connectivity index (χ1n) is 6.40. The Hall–Kier alpha value is -2.08. The van der Waals surface area contributed by atoms with E-state index in [1.165, 1.54) is 4.57 Å². The molecule has 2 N–H and O–H groups in total. The molecule has 110 valence electrons. The first kappa shape index (κ1) is 15.3. The number of carbonyl (C=O) groups excluding carboxylic acids is 1. The Kier molecular flexibility index (Phi) is 4.80. The Morgan fingerprint density at radius 1 is 1.33 bits per heavy atom. The zero-order valence-electron chi connectivity index (χ0n) is 11.4. The fourth-order valence-corrected chi connectivity index (χ4v) is 2.45. The van der Waals surface area contributed by atoms with Crippen molar-refractivity contribution in [1.29, 1.82) is 0 Å². The van der Waals surface area contributed by atoms with Crippen molar-refractivity contribution in [2.45, 2.75) is 19.5 Å². The second-order valence-electron chi connectivity index (χ2n) is 4.67. The number of carbonyl (C=O) groups is 2. The van der Waals surface area contributed by atoms with Crippen molar-refractivity contribution in [2.24, 2.45) is 0 Å². The highest BCUT2D eigenvalue weighted by Crippen LogP contribution is 2.18. The van der Waals surface area contributed by atoms with Crippen LogP contribution >= 0.6 is 15.9 Å². The molecule has 0 saturated carbocycles. The number of aliphatic carboxylic acids is 1. The Balaban J connectivity index is 2.11. The summed E-state index contributed by atoms with van der Waals surface area (Å²) in [6.45, 7) is 1.64. The van der Waals surface area contributed by atoms with Crippen molar-refractivity contribution in [3.63, 3.8) is 0 Å². The third kappa shape index (κ3) is 3.95. The molecule has 6 heteroatoms. The van der Waals surface area contributed by atoms with E-state index < -0.39 is 5.97 Å². The lowest BCUT2D eigenvalue weighted by atomic mass is 10.1. The predicted molar refractivity (Wildman–Crippen MR) is 82.1 cm³/mol. The molecule has 0 aliphatic heterocycles. The number of nitrogens with zero attached hydrogens (tertiary/aromatic N) is 1. The van der Waals surface area contributed by atoms with Crippen molar-refractivity contribution < 1.29 is 14.7 Å². The number of halogens is 1. The summed E-state index contributed by atoms with van der Waals surface area (Å²) >= 11 is 3.39. The average Bonchev–Trinajstić information content (AvgIpc) is 2.86. The second kappa shape index (κ2) is 6.58. The number of amides is 1. The molecule has 21 heavy (non-hydrogen) atoms. The minimum absolute atomic E-state index is 0.178. The van der Waals surface area contributed by atoms with E-state index in [1.807, 2.05) is 31.2 Å². The van der Waals surface area contributed by atoms with Crippen LogP contribution in [0, 0.1) is 0 Å². The highest BCUT2D eigenvalue weighted by molar-refractivity contribution is 9.10. The molecule has 1 heterocycles. The molecular formula is C15H15BrN2O3. The number of benzene rings is 1. The van der Waals surface area contributed by atoms with E-state index in [0.29, 0.717) is 5.69 Å². The number of carboxylic acid groups (broad SMARTS) is 1. The first-order chi connectivity index (χ1) is 9.97. The molecule has 1 amide bonds. The largest absolute Gasteiger partial charge is 0.480 e. The maximum atomic E-state index is 12.2. The van der Waals surface area contributed by atoms with Crippen LogP contribution < -0.4 is 5.32 Å². The Morgan fingerprint density at radius 2 is 2.10 bits per heavy atom. The van der Waals surface area contributed by atoms with Crippen molar-refractivity contribution in [1.82, 2.24) is 9.88 Å². The monoisotopic (exact) mass is 350 g/mol. The minimum Gasteiger partial charge on any atom is -0.480 e. The summed E-state index contributed by atoms with van der Waals surface area (Å²) < 4.78 is 2.35. The summed E-state index contributed by atoms with van der Waals surface area (Å²) in [7, 11) is 0. The summed E-state index contributed by atoms with van der Waals surface area (Å²) in [5.41, 5.74) is 1.30. The third-order valence-electron chi connectivity index (χ3n) is 3.06. The topological polar surface area (TPSA) is 71.3 Å². The minimum atomic E-state index is -0.986. The highest BCUT2D eigenvalue weighted by Gasteiger charge is 2.15. The lowest BCUT2D eigenvalue weighted by molar-refractivity contribution is -0.137. The van der Waals surface area contributed by atoms with Crippen LogP contribution in [0.4, 0.5) is 0 Å². The highest BCUT2D eigenvalue weighted by atomic mass is 79.9. The molecule has 1 aromatic heterocycles. The molecule has 1 atom stereocenters. The summed E-state index contributed by atoms with van der Waals surface area (Å²) in [4.78, 5) is 23.0. The third-order valence-corrected chi connectivity index (χ3v) is 3.56.